The average molecular weight is 455 g/mol. The molecule has 1 aliphatic rings. The Morgan fingerprint density at radius 2 is 1.92 bits per heavy atom. The van der Waals surface area contributed by atoms with Gasteiger partial charge in [0, 0.05) is 31.6 Å². The zero-order valence-electron chi connectivity index (χ0n) is 14.2. The van der Waals surface area contributed by atoms with Gasteiger partial charge in [-0.3, -0.25) is 4.99 Å². The molecule has 0 saturated carbocycles. The lowest BCUT2D eigenvalue weighted by atomic mass is 9.93. The van der Waals surface area contributed by atoms with Crippen molar-refractivity contribution in [2.24, 2.45) is 4.99 Å². The molecule has 1 aliphatic heterocycles. The summed E-state index contributed by atoms with van der Waals surface area (Å²) in [5.41, 5.74) is 1.85. The van der Waals surface area contributed by atoms with E-state index in [9.17, 15) is 4.39 Å². The number of nitrogens with one attached hydrogen (secondary N) is 2. The molecule has 0 aliphatic carbocycles. The van der Waals surface area contributed by atoms with E-state index < -0.39 is 0 Å². The molecular formula is C19H23FIN3O. The van der Waals surface area contributed by atoms with Gasteiger partial charge in [0.2, 0.25) is 0 Å². The highest BCUT2D eigenvalue weighted by atomic mass is 127. The van der Waals surface area contributed by atoms with Gasteiger partial charge in [0.05, 0.1) is 6.61 Å². The Bertz CT molecular complexity index is 723. The predicted molar refractivity (Wildman–Crippen MR) is 109 cm³/mol. The summed E-state index contributed by atoms with van der Waals surface area (Å²) in [5.74, 6) is 1.80. The quantitative estimate of drug-likeness (QED) is 0.420. The molecule has 134 valence electrons. The highest BCUT2D eigenvalue weighted by Gasteiger charge is 2.21. The minimum Gasteiger partial charge on any atom is -0.493 e. The molecule has 1 heterocycles. The number of hydrogen-bond acceptors (Lipinski definition) is 2. The van der Waals surface area contributed by atoms with Crippen molar-refractivity contribution < 1.29 is 9.13 Å². The number of fused-ring (bicyclic) bond motifs is 1. The molecule has 0 radical (unpaired) electrons. The van der Waals surface area contributed by atoms with Gasteiger partial charge in [-0.1, -0.05) is 36.4 Å². The van der Waals surface area contributed by atoms with Crippen molar-refractivity contribution in [1.82, 2.24) is 10.6 Å². The lowest BCUT2D eigenvalue weighted by Gasteiger charge is -2.26. The van der Waals surface area contributed by atoms with Crippen molar-refractivity contribution in [3.8, 4) is 5.75 Å². The van der Waals surface area contributed by atoms with Crippen LogP contribution in [0.4, 0.5) is 4.39 Å². The molecule has 2 N–H and O–H groups in total. The second-order valence-corrected chi connectivity index (χ2v) is 5.77. The van der Waals surface area contributed by atoms with Crippen molar-refractivity contribution >= 4 is 29.9 Å². The summed E-state index contributed by atoms with van der Waals surface area (Å²) >= 11 is 0. The van der Waals surface area contributed by atoms with E-state index in [1.54, 1.807) is 19.2 Å². The summed E-state index contributed by atoms with van der Waals surface area (Å²) < 4.78 is 19.4. The number of benzene rings is 2. The molecule has 0 bridgehead atoms. The summed E-state index contributed by atoms with van der Waals surface area (Å²) in [6, 6.07) is 14.9. The number of hydrogen-bond donors (Lipinski definition) is 2. The van der Waals surface area contributed by atoms with Crippen LogP contribution >= 0.6 is 24.0 Å². The van der Waals surface area contributed by atoms with Gasteiger partial charge in [0.25, 0.3) is 0 Å². The Hall–Kier alpha value is -1.83. The number of nitrogens with zero attached hydrogens (tertiary/aromatic N) is 1. The van der Waals surface area contributed by atoms with Gasteiger partial charge in [0.1, 0.15) is 11.6 Å². The van der Waals surface area contributed by atoms with E-state index in [4.69, 9.17) is 4.74 Å². The number of aliphatic imine (C=N–C) groups is 1. The summed E-state index contributed by atoms with van der Waals surface area (Å²) in [4.78, 5) is 4.21. The first kappa shape index (κ1) is 19.5. The molecule has 2 aromatic rings. The highest BCUT2D eigenvalue weighted by molar-refractivity contribution is 14.0. The molecular weight excluding hydrogens is 432 g/mol. The van der Waals surface area contributed by atoms with E-state index in [1.165, 1.54) is 11.6 Å². The fourth-order valence-corrected chi connectivity index (χ4v) is 2.89. The molecule has 2 aromatic carbocycles. The van der Waals surface area contributed by atoms with E-state index in [2.05, 4.69) is 21.7 Å². The first-order chi connectivity index (χ1) is 11.8. The molecule has 1 atom stereocenters. The Morgan fingerprint density at radius 3 is 2.72 bits per heavy atom. The Kier molecular flexibility index (Phi) is 7.49. The third kappa shape index (κ3) is 5.07. The maximum absolute atomic E-state index is 13.7. The number of rotatable bonds is 4. The maximum Gasteiger partial charge on any atom is 0.191 e. The third-order valence-corrected chi connectivity index (χ3v) is 4.23. The molecule has 0 saturated heterocycles. The van der Waals surface area contributed by atoms with E-state index in [0.29, 0.717) is 24.0 Å². The summed E-state index contributed by atoms with van der Waals surface area (Å²) in [5, 5.41) is 6.49. The van der Waals surface area contributed by atoms with E-state index >= 15 is 0 Å². The van der Waals surface area contributed by atoms with E-state index in [-0.39, 0.29) is 29.8 Å². The van der Waals surface area contributed by atoms with E-state index in [0.717, 1.165) is 25.3 Å². The second kappa shape index (κ2) is 9.60. The van der Waals surface area contributed by atoms with Crippen LogP contribution in [0, 0.1) is 5.82 Å². The number of para-hydroxylation sites is 1. The zero-order valence-corrected chi connectivity index (χ0v) is 16.5. The molecule has 0 fully saturated rings. The number of ether oxygens (including phenoxy) is 1. The van der Waals surface area contributed by atoms with Crippen LogP contribution in [0.2, 0.25) is 0 Å². The minimum absolute atomic E-state index is 0. The predicted octanol–water partition coefficient (Wildman–Crippen LogP) is 3.68. The van der Waals surface area contributed by atoms with Crippen LogP contribution in [0.25, 0.3) is 0 Å². The van der Waals surface area contributed by atoms with Gasteiger partial charge in [0.15, 0.2) is 5.96 Å². The lowest BCUT2D eigenvalue weighted by Crippen LogP contribution is -2.39. The van der Waals surface area contributed by atoms with Crippen LogP contribution in [0.15, 0.2) is 53.5 Å². The van der Waals surface area contributed by atoms with Gasteiger partial charge in [-0.05, 0) is 24.1 Å². The van der Waals surface area contributed by atoms with E-state index in [1.807, 2.05) is 24.3 Å². The van der Waals surface area contributed by atoms with Crippen molar-refractivity contribution in [3.63, 3.8) is 0 Å². The molecule has 0 spiro atoms. The van der Waals surface area contributed by atoms with Crippen LogP contribution in [0.3, 0.4) is 0 Å². The summed E-state index contributed by atoms with van der Waals surface area (Å²) in [7, 11) is 1.72. The topological polar surface area (TPSA) is 45.7 Å². The van der Waals surface area contributed by atoms with Crippen LogP contribution in [0.1, 0.15) is 23.5 Å². The maximum atomic E-state index is 13.7. The molecule has 0 amide bonds. The van der Waals surface area contributed by atoms with Crippen LogP contribution in [-0.4, -0.2) is 26.2 Å². The van der Waals surface area contributed by atoms with Crippen molar-refractivity contribution in [2.45, 2.75) is 18.9 Å². The van der Waals surface area contributed by atoms with Gasteiger partial charge in [-0.15, -0.1) is 24.0 Å². The molecule has 3 rings (SSSR count). The molecule has 25 heavy (non-hydrogen) atoms. The zero-order chi connectivity index (χ0) is 16.8. The summed E-state index contributed by atoms with van der Waals surface area (Å²) in [6.45, 7) is 1.89. The monoisotopic (exact) mass is 455 g/mol. The van der Waals surface area contributed by atoms with Gasteiger partial charge >= 0.3 is 0 Å². The normalized spacial score (nSPS) is 16.2. The lowest BCUT2D eigenvalue weighted by molar-refractivity contribution is 0.267. The summed E-state index contributed by atoms with van der Waals surface area (Å²) in [6.07, 6.45) is 0.967. The highest BCUT2D eigenvalue weighted by Crippen LogP contribution is 2.32. The van der Waals surface area contributed by atoms with Crippen molar-refractivity contribution in [2.75, 3.05) is 20.2 Å². The average Bonchev–Trinajstić information content (AvgIpc) is 2.63. The van der Waals surface area contributed by atoms with Crippen molar-refractivity contribution in [1.29, 1.82) is 0 Å². The molecule has 1 unspecified atom stereocenters. The number of halogens is 2. The van der Waals surface area contributed by atoms with Crippen LogP contribution in [0.5, 0.6) is 5.75 Å². The Labute approximate surface area is 164 Å². The molecule has 4 nitrogen and oxygen atoms in total. The van der Waals surface area contributed by atoms with Gasteiger partial charge in [-0.2, -0.15) is 0 Å². The fourth-order valence-electron chi connectivity index (χ4n) is 2.89. The molecule has 6 heteroatoms. The first-order valence-electron chi connectivity index (χ1n) is 8.17. The SMILES string of the molecule is CN=C(NCc1ccccc1F)NCC1CCOc2ccccc21.I. The van der Waals surface area contributed by atoms with Gasteiger partial charge < -0.3 is 15.4 Å². The molecule has 0 aromatic heterocycles. The Balaban J connectivity index is 0.00000225. The number of guanidine groups is 1. The Morgan fingerprint density at radius 1 is 1.16 bits per heavy atom. The van der Waals surface area contributed by atoms with Crippen LogP contribution < -0.4 is 15.4 Å². The van der Waals surface area contributed by atoms with Gasteiger partial charge in [-0.25, -0.2) is 4.39 Å². The second-order valence-electron chi connectivity index (χ2n) is 5.77. The van der Waals surface area contributed by atoms with Crippen LogP contribution in [-0.2, 0) is 6.54 Å². The first-order valence-corrected chi connectivity index (χ1v) is 8.17. The largest absolute Gasteiger partial charge is 0.493 e. The minimum atomic E-state index is -0.209. The smallest absolute Gasteiger partial charge is 0.191 e. The third-order valence-electron chi connectivity index (χ3n) is 4.23. The van der Waals surface area contributed by atoms with Crippen molar-refractivity contribution in [3.05, 3.63) is 65.5 Å². The standard InChI is InChI=1S/C19H22FN3O.HI/c1-21-19(23-13-15-6-2-4-8-17(15)20)22-12-14-10-11-24-18-9-5-3-7-16(14)18;/h2-9,14H,10-13H2,1H3,(H2,21,22,23);1H. The fraction of sp³-hybridized carbons (Fsp3) is 0.316.